The van der Waals surface area contributed by atoms with E-state index >= 15 is 0 Å². The molecule has 1 rings (SSSR count). The fourth-order valence-corrected chi connectivity index (χ4v) is 2.16. The van der Waals surface area contributed by atoms with Crippen LogP contribution in [-0.4, -0.2) is 16.2 Å². The van der Waals surface area contributed by atoms with E-state index in [1.165, 1.54) is 11.3 Å². The summed E-state index contributed by atoms with van der Waals surface area (Å²) in [6.07, 6.45) is 0.404. The van der Waals surface area contributed by atoms with Crippen molar-refractivity contribution in [3.63, 3.8) is 0 Å². The first-order valence-corrected chi connectivity index (χ1v) is 5.49. The fourth-order valence-electron chi connectivity index (χ4n) is 1.39. The molecule has 0 bridgehead atoms. The quantitative estimate of drug-likeness (QED) is 0.790. The molecule has 2 N–H and O–H groups in total. The Labute approximate surface area is 87.0 Å². The maximum atomic E-state index is 10.9. The molecular formula is C10H14O3S. The Bertz CT molecular complexity index is 282. The van der Waals surface area contributed by atoms with E-state index in [0.717, 1.165) is 11.3 Å². The number of carbonyl (C=O) groups is 1. The van der Waals surface area contributed by atoms with Crippen molar-refractivity contribution in [1.82, 2.24) is 0 Å². The maximum absolute atomic E-state index is 10.9. The molecule has 0 radical (unpaired) electrons. The van der Waals surface area contributed by atoms with Crippen LogP contribution in [-0.2, 0) is 4.79 Å². The number of carboxylic acid groups (broad SMARTS) is 1. The number of thiophene rings is 1. The van der Waals surface area contributed by atoms with E-state index in [9.17, 15) is 9.90 Å². The lowest BCUT2D eigenvalue weighted by Crippen LogP contribution is -2.21. The molecule has 0 aliphatic heterocycles. The third-order valence-corrected chi connectivity index (χ3v) is 3.08. The summed E-state index contributed by atoms with van der Waals surface area (Å²) in [5, 5.41) is 20.6. The second-order valence-electron chi connectivity index (χ2n) is 3.19. The zero-order valence-electron chi connectivity index (χ0n) is 8.01. The molecule has 0 amide bonds. The molecule has 78 valence electrons. The second-order valence-corrected chi connectivity index (χ2v) is 4.17. The first-order valence-electron chi connectivity index (χ1n) is 4.61. The minimum absolute atomic E-state index is 0.508. The monoisotopic (exact) mass is 214 g/mol. The van der Waals surface area contributed by atoms with Gasteiger partial charge in [0.25, 0.3) is 0 Å². The van der Waals surface area contributed by atoms with Gasteiger partial charge in [-0.15, -0.1) is 11.3 Å². The Morgan fingerprint density at radius 3 is 2.79 bits per heavy atom. The number of hydrogen-bond donors (Lipinski definition) is 2. The van der Waals surface area contributed by atoms with E-state index in [4.69, 9.17) is 5.11 Å². The summed E-state index contributed by atoms with van der Waals surface area (Å²) >= 11 is 1.39. The van der Waals surface area contributed by atoms with Gasteiger partial charge >= 0.3 is 5.97 Å². The highest BCUT2D eigenvalue weighted by Gasteiger charge is 2.27. The van der Waals surface area contributed by atoms with Crippen LogP contribution >= 0.6 is 11.3 Å². The topological polar surface area (TPSA) is 57.5 Å². The van der Waals surface area contributed by atoms with Crippen molar-refractivity contribution in [2.45, 2.75) is 25.9 Å². The zero-order valence-corrected chi connectivity index (χ0v) is 8.83. The average Bonchev–Trinajstić information content (AvgIpc) is 2.65. The fraction of sp³-hybridized carbons (Fsp3) is 0.500. The summed E-state index contributed by atoms with van der Waals surface area (Å²) < 4.78 is 0. The Kier molecular flexibility index (Phi) is 4.10. The molecule has 2 unspecified atom stereocenters. The highest BCUT2D eigenvalue weighted by Crippen LogP contribution is 2.28. The van der Waals surface area contributed by atoms with E-state index in [1.54, 1.807) is 6.07 Å². The van der Waals surface area contributed by atoms with Crippen molar-refractivity contribution >= 4 is 17.3 Å². The van der Waals surface area contributed by atoms with E-state index in [-0.39, 0.29) is 0 Å². The molecule has 0 aliphatic rings. The number of aliphatic hydroxyl groups is 1. The van der Waals surface area contributed by atoms with Gasteiger partial charge in [-0.25, -0.2) is 0 Å². The number of aliphatic carboxylic acids is 1. The summed E-state index contributed by atoms with van der Waals surface area (Å²) in [5.41, 5.74) is 0. The number of aliphatic hydroxyl groups excluding tert-OH is 1. The smallest absolute Gasteiger partial charge is 0.309 e. The van der Waals surface area contributed by atoms with Gasteiger partial charge in [-0.05, 0) is 17.9 Å². The lowest BCUT2D eigenvalue weighted by atomic mass is 9.96. The molecule has 4 heteroatoms. The largest absolute Gasteiger partial charge is 0.481 e. The number of carboxylic acids is 1. The van der Waals surface area contributed by atoms with Gasteiger partial charge in [-0.3, -0.25) is 4.79 Å². The van der Waals surface area contributed by atoms with Crippen LogP contribution < -0.4 is 0 Å². The van der Waals surface area contributed by atoms with E-state index in [2.05, 4.69) is 0 Å². The summed E-state index contributed by atoms with van der Waals surface area (Å²) in [4.78, 5) is 11.6. The van der Waals surface area contributed by atoms with Gasteiger partial charge in [0, 0.05) is 4.88 Å². The van der Waals surface area contributed by atoms with Gasteiger partial charge < -0.3 is 10.2 Å². The predicted octanol–water partition coefficient (Wildman–Crippen LogP) is 2.28. The van der Waals surface area contributed by atoms with Crippen LogP contribution in [0.2, 0.25) is 0 Å². The minimum atomic E-state index is -0.923. The average molecular weight is 214 g/mol. The van der Waals surface area contributed by atoms with Crippen molar-refractivity contribution in [2.75, 3.05) is 0 Å². The number of rotatable bonds is 5. The molecule has 0 aromatic carbocycles. The SMILES string of the molecule is CCCC(C(=O)O)C(O)c1cccs1. The van der Waals surface area contributed by atoms with Gasteiger partial charge in [0.15, 0.2) is 0 Å². The predicted molar refractivity (Wildman–Crippen MR) is 55.3 cm³/mol. The van der Waals surface area contributed by atoms with Crippen molar-refractivity contribution in [3.8, 4) is 0 Å². The Morgan fingerprint density at radius 1 is 1.64 bits per heavy atom. The van der Waals surface area contributed by atoms with E-state index in [0.29, 0.717) is 6.42 Å². The molecule has 0 saturated carbocycles. The third kappa shape index (κ3) is 2.56. The van der Waals surface area contributed by atoms with Gasteiger partial charge in [0.1, 0.15) is 6.10 Å². The molecule has 1 aromatic heterocycles. The van der Waals surface area contributed by atoms with Crippen LogP contribution in [0, 0.1) is 5.92 Å². The second kappa shape index (κ2) is 5.12. The molecular weight excluding hydrogens is 200 g/mol. The standard InChI is InChI=1S/C10H14O3S/c1-2-4-7(10(12)13)9(11)8-5-3-6-14-8/h3,5-7,9,11H,2,4H2,1H3,(H,12,13). The molecule has 0 saturated heterocycles. The Hall–Kier alpha value is -0.870. The molecule has 3 nitrogen and oxygen atoms in total. The minimum Gasteiger partial charge on any atom is -0.481 e. The van der Waals surface area contributed by atoms with Crippen LogP contribution in [0.3, 0.4) is 0 Å². The van der Waals surface area contributed by atoms with Crippen LogP contribution in [0.5, 0.6) is 0 Å². The van der Waals surface area contributed by atoms with Crippen LogP contribution in [0.4, 0.5) is 0 Å². The lowest BCUT2D eigenvalue weighted by molar-refractivity contribution is -0.146. The van der Waals surface area contributed by atoms with E-state index < -0.39 is 18.0 Å². The van der Waals surface area contributed by atoms with Crippen molar-refractivity contribution in [1.29, 1.82) is 0 Å². The van der Waals surface area contributed by atoms with Crippen molar-refractivity contribution in [2.24, 2.45) is 5.92 Å². The summed E-state index contributed by atoms with van der Waals surface area (Å²) in [7, 11) is 0. The third-order valence-electron chi connectivity index (χ3n) is 2.13. The van der Waals surface area contributed by atoms with Gasteiger partial charge in [-0.2, -0.15) is 0 Å². The molecule has 0 spiro atoms. The van der Waals surface area contributed by atoms with Crippen LogP contribution in [0.25, 0.3) is 0 Å². The Morgan fingerprint density at radius 2 is 2.36 bits per heavy atom. The maximum Gasteiger partial charge on any atom is 0.309 e. The first kappa shape index (κ1) is 11.2. The van der Waals surface area contributed by atoms with Gasteiger partial charge in [0.05, 0.1) is 5.92 Å². The lowest BCUT2D eigenvalue weighted by Gasteiger charge is -2.16. The summed E-state index contributed by atoms with van der Waals surface area (Å²) in [5.74, 6) is -1.61. The molecule has 14 heavy (non-hydrogen) atoms. The zero-order chi connectivity index (χ0) is 10.6. The highest BCUT2D eigenvalue weighted by atomic mass is 32.1. The number of hydrogen-bond acceptors (Lipinski definition) is 3. The molecule has 0 aliphatic carbocycles. The van der Waals surface area contributed by atoms with Gasteiger partial charge in [-0.1, -0.05) is 19.4 Å². The van der Waals surface area contributed by atoms with E-state index in [1.807, 2.05) is 18.4 Å². The van der Waals surface area contributed by atoms with Crippen LogP contribution in [0.15, 0.2) is 17.5 Å². The molecule has 1 aromatic rings. The molecule has 1 heterocycles. The van der Waals surface area contributed by atoms with Gasteiger partial charge in [0.2, 0.25) is 0 Å². The molecule has 0 fully saturated rings. The van der Waals surface area contributed by atoms with Crippen LogP contribution in [0.1, 0.15) is 30.7 Å². The van der Waals surface area contributed by atoms with Crippen molar-refractivity contribution in [3.05, 3.63) is 22.4 Å². The normalized spacial score (nSPS) is 15.0. The molecule has 2 atom stereocenters. The highest BCUT2D eigenvalue weighted by molar-refractivity contribution is 7.10. The van der Waals surface area contributed by atoms with Crippen molar-refractivity contribution < 1.29 is 15.0 Å². The summed E-state index contributed by atoms with van der Waals surface area (Å²) in [6.45, 7) is 1.91. The summed E-state index contributed by atoms with van der Waals surface area (Å²) in [6, 6.07) is 3.58. The Balaban J connectivity index is 2.73. The first-order chi connectivity index (χ1) is 6.66.